The van der Waals surface area contributed by atoms with E-state index >= 15 is 0 Å². The summed E-state index contributed by atoms with van der Waals surface area (Å²) < 4.78 is 1.52. The fourth-order valence-corrected chi connectivity index (χ4v) is 2.21. The molecule has 0 aliphatic heterocycles. The molecule has 0 saturated carbocycles. The molecule has 4 heteroatoms. The Kier molecular flexibility index (Phi) is 3.69. The van der Waals surface area contributed by atoms with Crippen molar-refractivity contribution in [3.8, 4) is 0 Å². The Morgan fingerprint density at radius 3 is 2.63 bits per heavy atom. The van der Waals surface area contributed by atoms with E-state index in [9.17, 15) is 9.59 Å². The van der Waals surface area contributed by atoms with Gasteiger partial charge >= 0.3 is 0 Å². The van der Waals surface area contributed by atoms with Gasteiger partial charge in [-0.25, -0.2) is 0 Å². The highest BCUT2D eigenvalue weighted by Gasteiger charge is 2.13. The summed E-state index contributed by atoms with van der Waals surface area (Å²) >= 11 is 0. The molecule has 0 aliphatic carbocycles. The van der Waals surface area contributed by atoms with Crippen LogP contribution in [0, 0.1) is 6.92 Å². The highest BCUT2D eigenvalue weighted by molar-refractivity contribution is 5.96. The molecule has 1 heterocycles. The Balaban J connectivity index is 2.75. The van der Waals surface area contributed by atoms with Crippen LogP contribution in [0.5, 0.6) is 0 Å². The van der Waals surface area contributed by atoms with E-state index in [-0.39, 0.29) is 11.5 Å². The van der Waals surface area contributed by atoms with Crippen molar-refractivity contribution >= 4 is 16.7 Å². The van der Waals surface area contributed by atoms with E-state index < -0.39 is 0 Å². The lowest BCUT2D eigenvalue weighted by Gasteiger charge is -2.12. The predicted octanol–water partition coefficient (Wildman–Crippen LogP) is 2.08. The third kappa shape index (κ3) is 2.38. The lowest BCUT2D eigenvalue weighted by atomic mass is 10.1. The summed E-state index contributed by atoms with van der Waals surface area (Å²) in [7, 11) is 0. The second-order valence-corrected chi connectivity index (χ2v) is 4.53. The van der Waals surface area contributed by atoms with Crippen LogP contribution in [-0.4, -0.2) is 17.0 Å². The molecule has 4 nitrogen and oxygen atoms in total. The minimum atomic E-state index is -0.205. The highest BCUT2D eigenvalue weighted by Crippen LogP contribution is 2.14. The van der Waals surface area contributed by atoms with Gasteiger partial charge in [0.15, 0.2) is 0 Å². The zero-order valence-electron chi connectivity index (χ0n) is 11.5. The average molecular weight is 258 g/mol. The molecule has 2 aromatic rings. The molecule has 0 fully saturated rings. The zero-order valence-corrected chi connectivity index (χ0v) is 11.5. The number of carbonyl (C=O) groups is 1. The van der Waals surface area contributed by atoms with Crippen molar-refractivity contribution in [1.29, 1.82) is 0 Å². The molecule has 0 saturated heterocycles. The van der Waals surface area contributed by atoms with Gasteiger partial charge in [0.1, 0.15) is 5.69 Å². The van der Waals surface area contributed by atoms with Crippen LogP contribution in [0.1, 0.15) is 29.9 Å². The van der Waals surface area contributed by atoms with Crippen LogP contribution in [0.15, 0.2) is 29.1 Å². The fraction of sp³-hybridized carbons (Fsp3) is 0.333. The van der Waals surface area contributed by atoms with Gasteiger partial charge in [0.05, 0.1) is 0 Å². The fourth-order valence-electron chi connectivity index (χ4n) is 2.21. The van der Waals surface area contributed by atoms with Gasteiger partial charge in [-0.05, 0) is 38.3 Å². The van der Waals surface area contributed by atoms with Gasteiger partial charge < -0.3 is 9.88 Å². The Labute approximate surface area is 112 Å². The van der Waals surface area contributed by atoms with E-state index in [0.29, 0.717) is 24.2 Å². The van der Waals surface area contributed by atoms with Gasteiger partial charge in [-0.2, -0.15) is 0 Å². The molecule has 1 aromatic heterocycles. The smallest absolute Gasteiger partial charge is 0.268 e. The number of aromatic nitrogens is 1. The van der Waals surface area contributed by atoms with Crippen molar-refractivity contribution in [1.82, 2.24) is 9.88 Å². The molecule has 0 aliphatic rings. The number of benzene rings is 1. The Hall–Kier alpha value is -2.10. The summed E-state index contributed by atoms with van der Waals surface area (Å²) in [6.07, 6.45) is 0. The Morgan fingerprint density at radius 2 is 2.00 bits per heavy atom. The molecule has 0 spiro atoms. The van der Waals surface area contributed by atoms with Gasteiger partial charge in [0.25, 0.3) is 11.5 Å². The number of nitrogens with one attached hydrogen (secondary N) is 1. The minimum absolute atomic E-state index is 0.107. The van der Waals surface area contributed by atoms with Crippen LogP contribution in [0.4, 0.5) is 0 Å². The first-order valence-corrected chi connectivity index (χ1v) is 6.50. The third-order valence-electron chi connectivity index (χ3n) is 3.15. The zero-order chi connectivity index (χ0) is 14.0. The van der Waals surface area contributed by atoms with Crippen molar-refractivity contribution in [3.63, 3.8) is 0 Å². The highest BCUT2D eigenvalue weighted by atomic mass is 16.2. The molecule has 0 atom stereocenters. The maximum Gasteiger partial charge on any atom is 0.268 e. The molecule has 1 amide bonds. The first-order valence-electron chi connectivity index (χ1n) is 6.50. The van der Waals surface area contributed by atoms with Crippen molar-refractivity contribution < 1.29 is 4.79 Å². The van der Waals surface area contributed by atoms with Gasteiger partial charge in [-0.1, -0.05) is 17.7 Å². The monoisotopic (exact) mass is 258 g/mol. The van der Waals surface area contributed by atoms with Crippen molar-refractivity contribution in [2.24, 2.45) is 0 Å². The van der Waals surface area contributed by atoms with Gasteiger partial charge in [-0.15, -0.1) is 0 Å². The van der Waals surface area contributed by atoms with Crippen LogP contribution in [-0.2, 0) is 6.54 Å². The normalized spacial score (nSPS) is 10.7. The first kappa shape index (κ1) is 13.3. The maximum atomic E-state index is 12.4. The summed E-state index contributed by atoms with van der Waals surface area (Å²) in [6.45, 7) is 6.70. The molecule has 1 aromatic carbocycles. The predicted molar refractivity (Wildman–Crippen MR) is 76.6 cm³/mol. The number of rotatable bonds is 3. The van der Waals surface area contributed by atoms with Crippen LogP contribution in [0.2, 0.25) is 0 Å². The number of amides is 1. The van der Waals surface area contributed by atoms with E-state index in [0.717, 1.165) is 10.9 Å². The van der Waals surface area contributed by atoms with Crippen LogP contribution >= 0.6 is 0 Å². The average Bonchev–Trinajstić information content (AvgIpc) is 2.39. The molecule has 0 bridgehead atoms. The lowest BCUT2D eigenvalue weighted by molar-refractivity contribution is 0.0945. The first-order chi connectivity index (χ1) is 9.08. The topological polar surface area (TPSA) is 51.1 Å². The molecule has 19 heavy (non-hydrogen) atoms. The second kappa shape index (κ2) is 5.26. The van der Waals surface area contributed by atoms with Crippen molar-refractivity contribution in [3.05, 3.63) is 45.9 Å². The van der Waals surface area contributed by atoms with E-state index in [1.807, 2.05) is 39.0 Å². The largest absolute Gasteiger partial charge is 0.351 e. The summed E-state index contributed by atoms with van der Waals surface area (Å²) in [5, 5.41) is 4.21. The standard InChI is InChI=1S/C15H18N2O2/c1-4-16-14(18)13-9-11-7-6-10(3)8-12(11)15(19)17(13)5-2/h6-9H,4-5H2,1-3H3,(H,16,18). The van der Waals surface area contributed by atoms with E-state index in [1.165, 1.54) is 4.57 Å². The molecule has 0 unspecified atom stereocenters. The lowest BCUT2D eigenvalue weighted by Crippen LogP contribution is -2.32. The second-order valence-electron chi connectivity index (χ2n) is 4.53. The van der Waals surface area contributed by atoms with E-state index in [1.54, 1.807) is 6.07 Å². The number of nitrogens with zero attached hydrogens (tertiary/aromatic N) is 1. The number of carbonyl (C=O) groups excluding carboxylic acids is 1. The SMILES string of the molecule is CCNC(=O)c1cc2ccc(C)cc2c(=O)n1CC. The maximum absolute atomic E-state index is 12.4. The molecule has 0 radical (unpaired) electrons. The number of aryl methyl sites for hydroxylation is 1. The Morgan fingerprint density at radius 1 is 1.26 bits per heavy atom. The molecular weight excluding hydrogens is 240 g/mol. The van der Waals surface area contributed by atoms with Gasteiger partial charge in [0.2, 0.25) is 0 Å². The number of pyridine rings is 1. The number of fused-ring (bicyclic) bond motifs is 1. The van der Waals surface area contributed by atoms with Gasteiger partial charge in [-0.3, -0.25) is 9.59 Å². The van der Waals surface area contributed by atoms with Crippen LogP contribution < -0.4 is 10.9 Å². The summed E-state index contributed by atoms with van der Waals surface area (Å²) in [5.74, 6) is -0.205. The number of hydrogen-bond donors (Lipinski definition) is 1. The van der Waals surface area contributed by atoms with Crippen molar-refractivity contribution in [2.45, 2.75) is 27.3 Å². The Bertz CT molecular complexity index is 686. The molecular formula is C15H18N2O2. The summed E-state index contributed by atoms with van der Waals surface area (Å²) in [6, 6.07) is 7.48. The molecule has 2 rings (SSSR count). The third-order valence-corrected chi connectivity index (χ3v) is 3.15. The molecule has 100 valence electrons. The van der Waals surface area contributed by atoms with Crippen molar-refractivity contribution in [2.75, 3.05) is 6.54 Å². The van der Waals surface area contributed by atoms with E-state index in [2.05, 4.69) is 5.32 Å². The summed E-state index contributed by atoms with van der Waals surface area (Å²) in [4.78, 5) is 24.4. The minimum Gasteiger partial charge on any atom is -0.351 e. The quantitative estimate of drug-likeness (QED) is 0.916. The molecule has 1 N–H and O–H groups in total. The van der Waals surface area contributed by atoms with Crippen LogP contribution in [0.3, 0.4) is 0 Å². The van der Waals surface area contributed by atoms with E-state index in [4.69, 9.17) is 0 Å². The van der Waals surface area contributed by atoms with Gasteiger partial charge in [0, 0.05) is 18.5 Å². The number of hydrogen-bond acceptors (Lipinski definition) is 2. The van der Waals surface area contributed by atoms with Crippen LogP contribution in [0.25, 0.3) is 10.8 Å². The summed E-state index contributed by atoms with van der Waals surface area (Å²) in [5.41, 5.74) is 1.36.